The van der Waals surface area contributed by atoms with Crippen LogP contribution in [0.5, 0.6) is 5.75 Å². The molecule has 18 heavy (non-hydrogen) atoms. The predicted octanol–water partition coefficient (Wildman–Crippen LogP) is 1.71. The molecule has 5 heteroatoms. The summed E-state index contributed by atoms with van der Waals surface area (Å²) in [5.41, 5.74) is 1.06. The lowest BCUT2D eigenvalue weighted by atomic mass is 10.2. The summed E-state index contributed by atoms with van der Waals surface area (Å²) in [5, 5.41) is 1.10. The Hall–Kier alpha value is -0.883. The minimum atomic E-state index is -1.38. The van der Waals surface area contributed by atoms with Crippen LogP contribution in [0, 0.1) is 0 Å². The van der Waals surface area contributed by atoms with E-state index in [1.165, 1.54) is 0 Å². The summed E-state index contributed by atoms with van der Waals surface area (Å²) < 4.78 is 22.4. The highest BCUT2D eigenvalue weighted by Crippen LogP contribution is 2.24. The molecule has 1 aliphatic heterocycles. The second-order valence-electron chi connectivity index (χ2n) is 3.97. The molecule has 4 nitrogen and oxygen atoms in total. The van der Waals surface area contributed by atoms with Gasteiger partial charge in [-0.05, 0) is 38.1 Å². The third-order valence-corrected chi connectivity index (χ3v) is 4.50. The lowest BCUT2D eigenvalue weighted by Crippen LogP contribution is -2.37. The number of rotatable bonds is 5. The molecule has 0 saturated carbocycles. The Morgan fingerprint density at radius 3 is 2.67 bits per heavy atom. The number of ether oxygens (including phenoxy) is 2. The van der Waals surface area contributed by atoms with E-state index in [0.717, 1.165) is 16.5 Å². The average Bonchev–Trinajstić information content (AvgIpc) is 2.38. The van der Waals surface area contributed by atoms with Crippen LogP contribution < -0.4 is 9.92 Å². The van der Waals surface area contributed by atoms with Crippen LogP contribution in [0.15, 0.2) is 18.2 Å². The third kappa shape index (κ3) is 3.11. The van der Waals surface area contributed by atoms with Crippen LogP contribution in [0.2, 0.25) is 0 Å². The van der Waals surface area contributed by atoms with Crippen LogP contribution in [0.1, 0.15) is 26.3 Å². The maximum absolute atomic E-state index is 5.68. The molecule has 0 amide bonds. The SMILES string of the molecule is CCO[Si](OCC)c1ccc2c(c1)COC(C)O2. The average molecular weight is 267 g/mol. The first-order chi connectivity index (χ1) is 8.74. The van der Waals surface area contributed by atoms with Crippen molar-refractivity contribution in [2.24, 2.45) is 0 Å². The summed E-state index contributed by atoms with van der Waals surface area (Å²) in [5.74, 6) is 0.895. The first kappa shape index (κ1) is 13.5. The lowest BCUT2D eigenvalue weighted by molar-refractivity contribution is -0.0943. The van der Waals surface area contributed by atoms with Gasteiger partial charge in [-0.2, -0.15) is 0 Å². The molecular weight excluding hydrogens is 248 g/mol. The molecule has 2 rings (SSSR count). The van der Waals surface area contributed by atoms with Crippen molar-refractivity contribution >= 4 is 14.5 Å². The van der Waals surface area contributed by atoms with Gasteiger partial charge < -0.3 is 18.3 Å². The predicted molar refractivity (Wildman–Crippen MR) is 70.0 cm³/mol. The van der Waals surface area contributed by atoms with Crippen LogP contribution in [0.25, 0.3) is 0 Å². The summed E-state index contributed by atoms with van der Waals surface area (Å²) in [6.07, 6.45) is -0.174. The first-order valence-corrected chi connectivity index (χ1v) is 7.60. The van der Waals surface area contributed by atoms with Crippen molar-refractivity contribution in [3.8, 4) is 5.75 Å². The Morgan fingerprint density at radius 1 is 1.28 bits per heavy atom. The topological polar surface area (TPSA) is 36.9 Å². The molecule has 99 valence electrons. The summed E-state index contributed by atoms with van der Waals surface area (Å²) in [7, 11) is -1.38. The molecule has 1 aromatic rings. The molecule has 0 bridgehead atoms. The molecule has 1 atom stereocenters. The Balaban J connectivity index is 2.18. The second kappa shape index (κ2) is 6.33. The Morgan fingerprint density at radius 2 is 2.00 bits per heavy atom. The summed E-state index contributed by atoms with van der Waals surface area (Å²) in [6, 6.07) is 6.07. The first-order valence-electron chi connectivity index (χ1n) is 6.28. The molecule has 1 aliphatic rings. The smallest absolute Gasteiger partial charge is 0.423 e. The van der Waals surface area contributed by atoms with Crippen LogP contribution in [0.4, 0.5) is 0 Å². The van der Waals surface area contributed by atoms with Gasteiger partial charge >= 0.3 is 9.28 Å². The van der Waals surface area contributed by atoms with Crippen LogP contribution in [-0.4, -0.2) is 28.8 Å². The van der Waals surface area contributed by atoms with E-state index in [2.05, 4.69) is 6.07 Å². The molecule has 1 heterocycles. The fourth-order valence-electron chi connectivity index (χ4n) is 1.82. The Kier molecular flexibility index (Phi) is 4.77. The quantitative estimate of drug-likeness (QED) is 0.761. The third-order valence-electron chi connectivity index (χ3n) is 2.61. The van der Waals surface area contributed by atoms with Crippen LogP contribution in [-0.2, 0) is 20.2 Å². The summed E-state index contributed by atoms with van der Waals surface area (Å²) >= 11 is 0. The molecule has 0 aliphatic carbocycles. The fourth-order valence-corrected chi connectivity index (χ4v) is 3.28. The van der Waals surface area contributed by atoms with Gasteiger partial charge in [-0.15, -0.1) is 0 Å². The van der Waals surface area contributed by atoms with Crippen molar-refractivity contribution in [3.05, 3.63) is 23.8 Å². The van der Waals surface area contributed by atoms with E-state index < -0.39 is 9.28 Å². The van der Waals surface area contributed by atoms with Gasteiger partial charge in [-0.1, -0.05) is 6.07 Å². The van der Waals surface area contributed by atoms with E-state index in [1.54, 1.807) is 0 Å². The zero-order chi connectivity index (χ0) is 13.0. The van der Waals surface area contributed by atoms with E-state index in [4.69, 9.17) is 18.3 Å². The summed E-state index contributed by atoms with van der Waals surface area (Å²) in [6.45, 7) is 7.76. The number of fused-ring (bicyclic) bond motifs is 1. The van der Waals surface area contributed by atoms with Crippen molar-refractivity contribution in [1.29, 1.82) is 0 Å². The zero-order valence-electron chi connectivity index (χ0n) is 11.1. The van der Waals surface area contributed by atoms with E-state index in [-0.39, 0.29) is 6.29 Å². The van der Waals surface area contributed by atoms with Gasteiger partial charge in [-0.25, -0.2) is 0 Å². The van der Waals surface area contributed by atoms with Gasteiger partial charge in [0.15, 0.2) is 6.29 Å². The normalized spacial score (nSPS) is 18.6. The zero-order valence-corrected chi connectivity index (χ0v) is 12.1. The van der Waals surface area contributed by atoms with Crippen molar-refractivity contribution in [2.75, 3.05) is 13.2 Å². The van der Waals surface area contributed by atoms with Crippen molar-refractivity contribution in [1.82, 2.24) is 0 Å². The molecule has 0 saturated heterocycles. The van der Waals surface area contributed by atoms with E-state index in [1.807, 2.05) is 32.9 Å². The molecule has 0 aromatic heterocycles. The highest BCUT2D eigenvalue weighted by Gasteiger charge is 2.22. The minimum Gasteiger partial charge on any atom is -0.465 e. The second-order valence-corrected chi connectivity index (χ2v) is 5.70. The van der Waals surface area contributed by atoms with Gasteiger partial charge in [0.05, 0.1) is 6.61 Å². The summed E-state index contributed by atoms with van der Waals surface area (Å²) in [4.78, 5) is 0. The standard InChI is InChI=1S/C13H19O4Si/c1-4-15-18(16-5-2)12-6-7-13-11(8-12)9-14-10(3)17-13/h6-8,10H,4-5,9H2,1-3H3. The fraction of sp³-hybridized carbons (Fsp3) is 0.538. The van der Waals surface area contributed by atoms with Gasteiger partial charge in [0, 0.05) is 18.8 Å². The lowest BCUT2D eigenvalue weighted by Gasteiger charge is -2.24. The monoisotopic (exact) mass is 267 g/mol. The van der Waals surface area contributed by atoms with Gasteiger partial charge in [0.25, 0.3) is 0 Å². The molecule has 1 unspecified atom stereocenters. The van der Waals surface area contributed by atoms with E-state index >= 15 is 0 Å². The highest BCUT2D eigenvalue weighted by molar-refractivity contribution is 6.61. The van der Waals surface area contributed by atoms with Crippen molar-refractivity contribution in [2.45, 2.75) is 33.7 Å². The molecule has 1 radical (unpaired) electrons. The Labute approximate surface area is 110 Å². The number of hydrogen-bond donors (Lipinski definition) is 0. The van der Waals surface area contributed by atoms with Crippen LogP contribution >= 0.6 is 0 Å². The van der Waals surface area contributed by atoms with Crippen molar-refractivity contribution in [3.63, 3.8) is 0 Å². The maximum Gasteiger partial charge on any atom is 0.423 e. The molecule has 0 fully saturated rings. The van der Waals surface area contributed by atoms with E-state index in [9.17, 15) is 0 Å². The Bertz CT molecular complexity index is 391. The largest absolute Gasteiger partial charge is 0.465 e. The highest BCUT2D eigenvalue weighted by atomic mass is 28.3. The van der Waals surface area contributed by atoms with Gasteiger partial charge in [0.2, 0.25) is 0 Å². The molecule has 1 aromatic carbocycles. The van der Waals surface area contributed by atoms with Gasteiger partial charge in [-0.3, -0.25) is 0 Å². The number of benzene rings is 1. The molecule has 0 spiro atoms. The maximum atomic E-state index is 5.68. The number of hydrogen-bond acceptors (Lipinski definition) is 4. The molecule has 0 N–H and O–H groups in total. The van der Waals surface area contributed by atoms with E-state index in [0.29, 0.717) is 19.8 Å². The van der Waals surface area contributed by atoms with Crippen LogP contribution in [0.3, 0.4) is 0 Å². The van der Waals surface area contributed by atoms with Crippen molar-refractivity contribution < 1.29 is 18.3 Å². The molecular formula is C13H19O4Si. The minimum absolute atomic E-state index is 0.174. The van der Waals surface area contributed by atoms with Gasteiger partial charge in [0.1, 0.15) is 5.75 Å².